The number of piperidine rings is 1. The number of carbonyl (C=O) groups excluding carboxylic acids is 2. The second-order valence-electron chi connectivity index (χ2n) is 6.80. The van der Waals surface area contributed by atoms with Gasteiger partial charge in [0.25, 0.3) is 0 Å². The Hall–Kier alpha value is -1.93. The number of hydrogen-bond donors (Lipinski definition) is 1. The fraction of sp³-hybridized carbons (Fsp3) is 0.529. The van der Waals surface area contributed by atoms with Crippen LogP contribution in [0.4, 0.5) is 5.69 Å². The molecule has 0 aliphatic carbocycles. The smallest absolute Gasteiger partial charge is 0.239 e. The largest absolute Gasteiger partial charge is 0.341 e. The molecule has 25 heavy (non-hydrogen) atoms. The second-order valence-corrected chi connectivity index (χ2v) is 8.63. The number of likely N-dealkylation sites (N-methyl/N-ethyl adjacent to an activating group) is 1. The van der Waals surface area contributed by atoms with E-state index in [1.54, 1.807) is 16.8 Å². The van der Waals surface area contributed by atoms with Gasteiger partial charge in [-0.15, -0.1) is 0 Å². The van der Waals surface area contributed by atoms with Crippen LogP contribution in [0.3, 0.4) is 0 Å². The molecule has 0 aromatic heterocycles. The molecular formula is C17H23N3O4S. The Morgan fingerprint density at radius 3 is 2.76 bits per heavy atom. The van der Waals surface area contributed by atoms with Gasteiger partial charge in [0, 0.05) is 38.8 Å². The third kappa shape index (κ3) is 3.28. The van der Waals surface area contributed by atoms with Crippen LogP contribution in [-0.2, 0) is 25.0 Å². The highest BCUT2D eigenvalue weighted by molar-refractivity contribution is 7.88. The molecule has 2 aliphatic heterocycles. The van der Waals surface area contributed by atoms with Gasteiger partial charge in [-0.05, 0) is 24.5 Å². The maximum Gasteiger partial charge on any atom is 0.239 e. The monoisotopic (exact) mass is 365 g/mol. The summed E-state index contributed by atoms with van der Waals surface area (Å²) in [7, 11) is -1.54. The van der Waals surface area contributed by atoms with Gasteiger partial charge in [0.05, 0.1) is 11.7 Å². The van der Waals surface area contributed by atoms with Gasteiger partial charge >= 0.3 is 0 Å². The van der Waals surface area contributed by atoms with Crippen LogP contribution in [-0.4, -0.2) is 58.1 Å². The fourth-order valence-corrected chi connectivity index (χ4v) is 4.35. The number of anilines is 1. The molecule has 7 nitrogen and oxygen atoms in total. The molecule has 8 heteroatoms. The van der Waals surface area contributed by atoms with Gasteiger partial charge < -0.3 is 9.80 Å². The van der Waals surface area contributed by atoms with Crippen molar-refractivity contribution >= 4 is 27.5 Å². The summed E-state index contributed by atoms with van der Waals surface area (Å²) >= 11 is 0. The number of carbonyl (C=O) groups is 2. The molecule has 2 aliphatic rings. The number of likely N-dealkylation sites (tertiary alicyclic amines) is 1. The zero-order chi connectivity index (χ0) is 18.2. The van der Waals surface area contributed by atoms with E-state index in [4.69, 9.17) is 0 Å². The van der Waals surface area contributed by atoms with E-state index in [2.05, 4.69) is 4.72 Å². The molecule has 1 spiro atoms. The van der Waals surface area contributed by atoms with E-state index in [1.165, 1.54) is 0 Å². The predicted octanol–water partition coefficient (Wildman–Crippen LogP) is 0.463. The first kappa shape index (κ1) is 17.9. The fourth-order valence-electron chi connectivity index (χ4n) is 3.88. The molecular weight excluding hydrogens is 342 g/mol. The van der Waals surface area contributed by atoms with E-state index in [0.29, 0.717) is 13.1 Å². The minimum atomic E-state index is -3.31. The molecule has 2 amide bonds. The average Bonchev–Trinajstić information content (AvgIpc) is 2.77. The van der Waals surface area contributed by atoms with Crippen molar-refractivity contribution in [2.75, 3.05) is 37.8 Å². The maximum atomic E-state index is 12.9. The minimum Gasteiger partial charge on any atom is -0.341 e. The summed E-state index contributed by atoms with van der Waals surface area (Å²) in [5, 5.41) is 0. The lowest BCUT2D eigenvalue weighted by Gasteiger charge is -2.39. The lowest BCUT2D eigenvalue weighted by molar-refractivity contribution is -0.135. The Morgan fingerprint density at radius 1 is 1.32 bits per heavy atom. The topological polar surface area (TPSA) is 86.8 Å². The van der Waals surface area contributed by atoms with Gasteiger partial charge in [0.15, 0.2) is 0 Å². The number of hydrogen-bond acceptors (Lipinski definition) is 4. The van der Waals surface area contributed by atoms with Crippen LogP contribution in [0.1, 0.15) is 24.8 Å². The number of benzene rings is 1. The van der Waals surface area contributed by atoms with Crippen molar-refractivity contribution in [2.45, 2.75) is 24.7 Å². The van der Waals surface area contributed by atoms with Crippen LogP contribution in [0.5, 0.6) is 0 Å². The Labute approximate surface area is 148 Å². The molecule has 1 unspecified atom stereocenters. The summed E-state index contributed by atoms with van der Waals surface area (Å²) in [6.45, 7) is 1.02. The first-order chi connectivity index (χ1) is 11.7. The first-order valence-electron chi connectivity index (χ1n) is 8.35. The van der Waals surface area contributed by atoms with E-state index in [-0.39, 0.29) is 24.8 Å². The van der Waals surface area contributed by atoms with E-state index in [1.807, 2.05) is 24.3 Å². The summed E-state index contributed by atoms with van der Waals surface area (Å²) in [6.07, 6.45) is 2.63. The summed E-state index contributed by atoms with van der Waals surface area (Å²) in [5.41, 5.74) is 1.21. The Morgan fingerprint density at radius 2 is 2.04 bits per heavy atom. The molecule has 3 rings (SSSR count). The van der Waals surface area contributed by atoms with Crippen LogP contribution in [0.25, 0.3) is 0 Å². The number of rotatable bonds is 4. The highest BCUT2D eigenvalue weighted by Crippen LogP contribution is 2.46. The third-order valence-electron chi connectivity index (χ3n) is 5.04. The second kappa shape index (κ2) is 6.42. The lowest BCUT2D eigenvalue weighted by atomic mass is 9.75. The van der Waals surface area contributed by atoms with Crippen molar-refractivity contribution in [1.82, 2.24) is 9.62 Å². The quantitative estimate of drug-likeness (QED) is 0.840. The van der Waals surface area contributed by atoms with Crippen LogP contribution in [0.2, 0.25) is 0 Å². The highest BCUT2D eigenvalue weighted by atomic mass is 32.2. The zero-order valence-corrected chi connectivity index (χ0v) is 15.3. The molecule has 0 bridgehead atoms. The highest BCUT2D eigenvalue weighted by Gasteiger charge is 2.52. The molecule has 1 fully saturated rings. The lowest BCUT2D eigenvalue weighted by Crippen LogP contribution is -2.53. The number of nitrogens with zero attached hydrogens (tertiary/aromatic N) is 2. The minimum absolute atomic E-state index is 0.0282. The van der Waals surface area contributed by atoms with Crippen molar-refractivity contribution < 1.29 is 18.0 Å². The SMILES string of the molecule is CN1C(=O)C2(CCCN(C(=O)CCNS(C)(=O)=O)C2)c2ccccc21. The Balaban J connectivity index is 1.77. The third-order valence-corrected chi connectivity index (χ3v) is 5.77. The Bertz CT molecular complexity index is 808. The van der Waals surface area contributed by atoms with Gasteiger partial charge in [-0.3, -0.25) is 9.59 Å². The number of para-hydroxylation sites is 1. The molecule has 1 N–H and O–H groups in total. The summed E-state index contributed by atoms with van der Waals surface area (Å²) in [6, 6.07) is 7.72. The van der Waals surface area contributed by atoms with Gasteiger partial charge in [-0.25, -0.2) is 13.1 Å². The normalized spacial score (nSPS) is 23.2. The van der Waals surface area contributed by atoms with Crippen LogP contribution < -0.4 is 9.62 Å². The van der Waals surface area contributed by atoms with E-state index < -0.39 is 15.4 Å². The molecule has 136 valence electrons. The van der Waals surface area contributed by atoms with Crippen LogP contribution in [0, 0.1) is 0 Å². The van der Waals surface area contributed by atoms with Crippen molar-refractivity contribution in [3.8, 4) is 0 Å². The van der Waals surface area contributed by atoms with Crippen LogP contribution >= 0.6 is 0 Å². The van der Waals surface area contributed by atoms with E-state index in [9.17, 15) is 18.0 Å². The van der Waals surface area contributed by atoms with E-state index >= 15 is 0 Å². The van der Waals surface area contributed by atoms with Crippen molar-refractivity contribution in [1.29, 1.82) is 0 Å². The van der Waals surface area contributed by atoms with Crippen molar-refractivity contribution in [2.24, 2.45) is 0 Å². The zero-order valence-electron chi connectivity index (χ0n) is 14.5. The summed E-state index contributed by atoms with van der Waals surface area (Å²) in [5.74, 6) is -0.101. The first-order valence-corrected chi connectivity index (χ1v) is 10.2. The molecule has 1 saturated heterocycles. The maximum absolute atomic E-state index is 12.9. The molecule has 0 saturated carbocycles. The predicted molar refractivity (Wildman–Crippen MR) is 94.8 cm³/mol. The number of nitrogens with one attached hydrogen (secondary N) is 1. The van der Waals surface area contributed by atoms with Crippen molar-refractivity contribution in [3.63, 3.8) is 0 Å². The van der Waals surface area contributed by atoms with Gasteiger partial charge in [0.1, 0.15) is 0 Å². The van der Waals surface area contributed by atoms with Gasteiger partial charge in [0.2, 0.25) is 21.8 Å². The molecule has 1 atom stereocenters. The number of sulfonamides is 1. The molecule has 2 heterocycles. The molecule has 0 radical (unpaired) electrons. The molecule has 1 aromatic rings. The van der Waals surface area contributed by atoms with Crippen LogP contribution in [0.15, 0.2) is 24.3 Å². The summed E-state index contributed by atoms with van der Waals surface area (Å²) < 4.78 is 24.6. The van der Waals surface area contributed by atoms with Gasteiger partial charge in [-0.1, -0.05) is 18.2 Å². The number of fused-ring (bicyclic) bond motifs is 2. The van der Waals surface area contributed by atoms with Crippen molar-refractivity contribution in [3.05, 3.63) is 29.8 Å². The van der Waals surface area contributed by atoms with Gasteiger partial charge in [-0.2, -0.15) is 0 Å². The van der Waals surface area contributed by atoms with E-state index in [0.717, 1.165) is 30.3 Å². The molecule has 1 aromatic carbocycles. The standard InChI is InChI=1S/C17H23N3O4S/c1-19-14-7-4-3-6-13(14)17(16(19)22)9-5-11-20(12-17)15(21)8-10-18-25(2,23)24/h3-4,6-7,18H,5,8-12H2,1-2H3. The summed E-state index contributed by atoms with van der Waals surface area (Å²) in [4.78, 5) is 28.8. The number of amides is 2. The average molecular weight is 365 g/mol. The Kier molecular flexibility index (Phi) is 4.59.